The first-order valence-electron chi connectivity index (χ1n) is 10.7. The third kappa shape index (κ3) is 4.82. The lowest BCUT2D eigenvalue weighted by Crippen LogP contribution is -2.33. The molecule has 1 aliphatic heterocycles. The van der Waals surface area contributed by atoms with E-state index in [9.17, 15) is 23.1 Å². The van der Waals surface area contributed by atoms with Crippen LogP contribution in [0.2, 0.25) is 5.02 Å². The number of amidine groups is 1. The molecule has 184 valence electrons. The van der Waals surface area contributed by atoms with E-state index >= 15 is 0 Å². The van der Waals surface area contributed by atoms with Crippen LogP contribution in [0.15, 0.2) is 50.5 Å². The quantitative estimate of drug-likeness (QED) is 0.434. The lowest BCUT2D eigenvalue weighted by atomic mass is 10.1. The van der Waals surface area contributed by atoms with Crippen LogP contribution < -0.4 is 21.3 Å². The summed E-state index contributed by atoms with van der Waals surface area (Å²) in [5.41, 5.74) is 4.78. The van der Waals surface area contributed by atoms with Gasteiger partial charge in [-0.3, -0.25) is 9.59 Å². The minimum Gasteiger partial charge on any atom is -0.506 e. The maximum absolute atomic E-state index is 13.5. The van der Waals surface area contributed by atoms with Crippen LogP contribution in [0.5, 0.6) is 11.5 Å². The Morgan fingerprint density at radius 2 is 2.00 bits per heavy atom. The summed E-state index contributed by atoms with van der Waals surface area (Å²) in [6.45, 7) is 3.95. The molecule has 1 aliphatic rings. The topological polar surface area (TPSA) is 153 Å². The molecule has 1 amide bonds. The van der Waals surface area contributed by atoms with Crippen molar-refractivity contribution in [3.63, 3.8) is 0 Å². The number of aromatic nitrogens is 1. The Morgan fingerprint density at radius 3 is 2.69 bits per heavy atom. The van der Waals surface area contributed by atoms with Gasteiger partial charge in [-0.2, -0.15) is 8.42 Å². The molecule has 12 heteroatoms. The number of primary amides is 1. The molecule has 0 saturated heterocycles. The fourth-order valence-corrected chi connectivity index (χ4v) is 5.04. The van der Waals surface area contributed by atoms with E-state index in [0.717, 1.165) is 0 Å². The van der Waals surface area contributed by atoms with E-state index < -0.39 is 33.8 Å². The maximum atomic E-state index is 13.5. The molecular formula is C23H23ClN4O6S. The fourth-order valence-electron chi connectivity index (χ4n) is 3.73. The largest absolute Gasteiger partial charge is 0.506 e. The number of halogens is 1. The Kier molecular flexibility index (Phi) is 6.48. The van der Waals surface area contributed by atoms with Crippen molar-refractivity contribution in [1.29, 1.82) is 0 Å². The number of sulfonamides is 1. The summed E-state index contributed by atoms with van der Waals surface area (Å²) in [4.78, 5) is 24.3. The second kappa shape index (κ2) is 9.23. The molecule has 0 fully saturated rings. The van der Waals surface area contributed by atoms with Gasteiger partial charge < -0.3 is 25.5 Å². The van der Waals surface area contributed by atoms with E-state index in [0.29, 0.717) is 34.8 Å². The average Bonchev–Trinajstić information content (AvgIpc) is 2.77. The second-order valence-electron chi connectivity index (χ2n) is 8.48. The predicted octanol–water partition coefficient (Wildman–Crippen LogP) is 2.83. The number of benzene rings is 2. The molecule has 10 nitrogen and oxygen atoms in total. The van der Waals surface area contributed by atoms with Crippen LogP contribution in [-0.4, -0.2) is 36.4 Å². The van der Waals surface area contributed by atoms with Gasteiger partial charge >= 0.3 is 0 Å². The number of ether oxygens (including phenoxy) is 1. The monoisotopic (exact) mass is 518 g/mol. The SMILES string of the molecule is CC(C)CCn1c(=O)c(C2=NS(=O)(=O)c3cc(OCC(N)=O)ccc3N2)c(O)c2cc(Cl)ccc21. The standard InChI is InChI=1S/C23H23ClN4O6S/c1-12(2)7-8-28-17-6-3-13(24)9-15(17)21(30)20(23(28)31)22-26-16-5-4-14(34-11-19(25)29)10-18(16)35(32,33)27-22/h3-6,9-10,12,30H,7-8,11H2,1-2H3,(H2,25,29)(H,26,27). The molecule has 0 atom stereocenters. The van der Waals surface area contributed by atoms with Crippen molar-refractivity contribution in [2.45, 2.75) is 31.7 Å². The van der Waals surface area contributed by atoms with Gasteiger partial charge in [-0.1, -0.05) is 25.4 Å². The molecule has 0 unspecified atom stereocenters. The lowest BCUT2D eigenvalue weighted by Gasteiger charge is -2.21. The smallest absolute Gasteiger partial charge is 0.286 e. The van der Waals surface area contributed by atoms with Crippen LogP contribution in [0, 0.1) is 5.92 Å². The highest BCUT2D eigenvalue weighted by atomic mass is 35.5. The number of carbonyl (C=O) groups is 1. The first-order chi connectivity index (χ1) is 16.5. The van der Waals surface area contributed by atoms with Gasteiger partial charge in [-0.25, -0.2) is 0 Å². The third-order valence-electron chi connectivity index (χ3n) is 5.44. The average molecular weight is 519 g/mol. The third-order valence-corrected chi connectivity index (χ3v) is 7.00. The summed E-state index contributed by atoms with van der Waals surface area (Å²) in [6.07, 6.45) is 0.678. The number of nitrogens with zero attached hydrogens (tertiary/aromatic N) is 2. The second-order valence-corrected chi connectivity index (χ2v) is 10.5. The summed E-state index contributed by atoms with van der Waals surface area (Å²) < 4.78 is 36.4. The highest BCUT2D eigenvalue weighted by Gasteiger charge is 2.30. The van der Waals surface area contributed by atoms with Crippen molar-refractivity contribution in [3.05, 3.63) is 57.3 Å². The molecule has 0 saturated carbocycles. The molecule has 0 radical (unpaired) electrons. The summed E-state index contributed by atoms with van der Waals surface area (Å²) in [5.74, 6) is -1.06. The van der Waals surface area contributed by atoms with Crippen LogP contribution >= 0.6 is 11.6 Å². The Bertz CT molecular complexity index is 1550. The minimum atomic E-state index is -4.29. The molecule has 0 spiro atoms. The van der Waals surface area contributed by atoms with Crippen LogP contribution in [0.25, 0.3) is 10.9 Å². The molecule has 4 N–H and O–H groups in total. The number of nitrogens with two attached hydrogens (primary N) is 1. The number of rotatable bonds is 7. The van der Waals surface area contributed by atoms with Crippen LogP contribution in [0.3, 0.4) is 0 Å². The zero-order chi connectivity index (χ0) is 25.5. The molecule has 4 rings (SSSR count). The molecule has 1 aromatic heterocycles. The highest BCUT2D eigenvalue weighted by molar-refractivity contribution is 7.90. The summed E-state index contributed by atoms with van der Waals surface area (Å²) in [7, 11) is -4.29. The van der Waals surface area contributed by atoms with Crippen molar-refractivity contribution >= 4 is 50.0 Å². The van der Waals surface area contributed by atoms with Crippen LogP contribution in [0.1, 0.15) is 25.8 Å². The Balaban J connectivity index is 1.87. The fraction of sp³-hybridized carbons (Fsp3) is 0.261. The van der Waals surface area contributed by atoms with Crippen molar-refractivity contribution in [1.82, 2.24) is 4.57 Å². The first kappa shape index (κ1) is 24.6. The van der Waals surface area contributed by atoms with Crippen LogP contribution in [0.4, 0.5) is 5.69 Å². The highest BCUT2D eigenvalue weighted by Crippen LogP contribution is 2.35. The van der Waals surface area contributed by atoms with Gasteiger partial charge in [0.05, 0.1) is 11.2 Å². The number of hydrogen-bond acceptors (Lipinski definition) is 7. The van der Waals surface area contributed by atoms with Gasteiger partial charge in [-0.15, -0.1) is 4.40 Å². The Morgan fingerprint density at radius 1 is 1.26 bits per heavy atom. The number of hydrogen-bond donors (Lipinski definition) is 3. The summed E-state index contributed by atoms with van der Waals surface area (Å²) >= 11 is 6.14. The number of aryl methyl sites for hydroxylation is 1. The van der Waals surface area contributed by atoms with Gasteiger partial charge in [0.1, 0.15) is 22.0 Å². The number of pyridine rings is 1. The molecule has 2 aromatic carbocycles. The van der Waals surface area contributed by atoms with Crippen molar-refractivity contribution < 1.29 is 23.1 Å². The predicted molar refractivity (Wildman–Crippen MR) is 133 cm³/mol. The molecule has 2 heterocycles. The normalized spacial score (nSPS) is 14.3. The zero-order valence-electron chi connectivity index (χ0n) is 18.9. The van der Waals surface area contributed by atoms with E-state index in [1.807, 2.05) is 13.8 Å². The van der Waals surface area contributed by atoms with Gasteiger partial charge in [0.2, 0.25) is 0 Å². The zero-order valence-corrected chi connectivity index (χ0v) is 20.5. The number of fused-ring (bicyclic) bond motifs is 2. The summed E-state index contributed by atoms with van der Waals surface area (Å²) in [5, 5.41) is 14.5. The Labute approximate surface area is 206 Å². The van der Waals surface area contributed by atoms with E-state index in [4.69, 9.17) is 22.1 Å². The van der Waals surface area contributed by atoms with Crippen LogP contribution in [-0.2, 0) is 21.4 Å². The number of nitrogens with one attached hydrogen (secondary N) is 1. The number of aromatic hydroxyl groups is 1. The number of anilines is 1. The van der Waals surface area contributed by atoms with Gasteiger partial charge in [0, 0.05) is 23.0 Å². The number of carbonyl (C=O) groups excluding carboxylic acids is 1. The number of amides is 1. The van der Waals surface area contributed by atoms with Gasteiger partial charge in [0.25, 0.3) is 21.5 Å². The van der Waals surface area contributed by atoms with Gasteiger partial charge in [0.15, 0.2) is 12.4 Å². The maximum Gasteiger partial charge on any atom is 0.286 e. The minimum absolute atomic E-state index is 0.103. The van der Waals surface area contributed by atoms with Crippen molar-refractivity contribution in [2.24, 2.45) is 16.0 Å². The van der Waals surface area contributed by atoms with E-state index in [-0.39, 0.29) is 27.7 Å². The molecule has 0 aliphatic carbocycles. The molecular weight excluding hydrogens is 496 g/mol. The Hall–Kier alpha value is -3.57. The molecule has 0 bridgehead atoms. The first-order valence-corrected chi connectivity index (χ1v) is 12.5. The summed E-state index contributed by atoms with van der Waals surface area (Å²) in [6, 6.07) is 8.80. The van der Waals surface area contributed by atoms with Crippen molar-refractivity contribution in [3.8, 4) is 11.5 Å². The van der Waals surface area contributed by atoms with E-state index in [1.54, 1.807) is 12.1 Å². The molecule has 35 heavy (non-hydrogen) atoms. The van der Waals surface area contributed by atoms with E-state index in [1.165, 1.54) is 28.8 Å². The molecule has 3 aromatic rings. The van der Waals surface area contributed by atoms with Gasteiger partial charge in [-0.05, 0) is 42.7 Å². The lowest BCUT2D eigenvalue weighted by molar-refractivity contribution is -0.119. The van der Waals surface area contributed by atoms with E-state index in [2.05, 4.69) is 9.71 Å². The van der Waals surface area contributed by atoms with Crippen molar-refractivity contribution in [2.75, 3.05) is 11.9 Å².